The van der Waals surface area contributed by atoms with Crippen molar-refractivity contribution in [3.63, 3.8) is 0 Å². The first-order chi connectivity index (χ1) is 7.81. The highest BCUT2D eigenvalue weighted by Crippen LogP contribution is 2.26. The molecule has 3 nitrogen and oxygen atoms in total. The molecule has 0 aliphatic carbocycles. The lowest BCUT2D eigenvalue weighted by Gasteiger charge is -2.23. The van der Waals surface area contributed by atoms with Crippen LogP contribution >= 0.6 is 23.5 Å². The summed E-state index contributed by atoms with van der Waals surface area (Å²) in [4.78, 5) is 4.22. The monoisotopic (exact) mass is 257 g/mol. The number of hydrogen-bond donors (Lipinski definition) is 1. The van der Waals surface area contributed by atoms with E-state index in [9.17, 15) is 0 Å². The summed E-state index contributed by atoms with van der Waals surface area (Å²) in [6.45, 7) is 3.17. The van der Waals surface area contributed by atoms with Gasteiger partial charge >= 0.3 is 0 Å². The van der Waals surface area contributed by atoms with Crippen molar-refractivity contribution in [1.82, 2.24) is 9.55 Å². The van der Waals surface area contributed by atoms with E-state index >= 15 is 0 Å². The van der Waals surface area contributed by atoms with Gasteiger partial charge in [0, 0.05) is 41.3 Å². The first-order valence-corrected chi connectivity index (χ1v) is 7.96. The van der Waals surface area contributed by atoms with E-state index < -0.39 is 0 Å². The van der Waals surface area contributed by atoms with Crippen molar-refractivity contribution in [3.05, 3.63) is 18.2 Å². The summed E-state index contributed by atoms with van der Waals surface area (Å²) in [5, 5.41) is 0.718. The maximum Gasteiger partial charge on any atom is 0.0949 e. The highest BCUT2D eigenvalue weighted by Gasteiger charge is 2.17. The predicted molar refractivity (Wildman–Crippen MR) is 73.0 cm³/mol. The molecule has 0 saturated carbocycles. The van der Waals surface area contributed by atoms with Crippen molar-refractivity contribution < 1.29 is 0 Å². The molecule has 0 amide bonds. The van der Waals surface area contributed by atoms with Crippen LogP contribution in [0, 0.1) is 0 Å². The summed E-state index contributed by atoms with van der Waals surface area (Å²) in [7, 11) is 0. The highest BCUT2D eigenvalue weighted by atomic mass is 32.2. The van der Waals surface area contributed by atoms with Crippen molar-refractivity contribution in [2.75, 3.05) is 17.3 Å². The van der Waals surface area contributed by atoms with Crippen molar-refractivity contribution in [1.29, 1.82) is 0 Å². The molecule has 2 rings (SSSR count). The molecule has 1 aromatic heterocycles. The lowest BCUT2D eigenvalue weighted by Crippen LogP contribution is -2.23. The zero-order valence-electron chi connectivity index (χ0n) is 9.63. The topological polar surface area (TPSA) is 43.8 Å². The summed E-state index contributed by atoms with van der Waals surface area (Å²) in [6, 6.07) is 0.128. The van der Waals surface area contributed by atoms with E-state index in [4.69, 9.17) is 5.73 Å². The Morgan fingerprint density at radius 2 is 2.50 bits per heavy atom. The average Bonchev–Trinajstić information content (AvgIpc) is 2.77. The van der Waals surface area contributed by atoms with Crippen molar-refractivity contribution in [2.24, 2.45) is 5.73 Å². The van der Waals surface area contributed by atoms with E-state index in [1.807, 2.05) is 12.5 Å². The second kappa shape index (κ2) is 5.98. The maximum absolute atomic E-state index is 6.07. The van der Waals surface area contributed by atoms with Crippen molar-refractivity contribution in [2.45, 2.75) is 31.2 Å². The molecule has 2 atom stereocenters. The van der Waals surface area contributed by atoms with Gasteiger partial charge in [0.05, 0.1) is 12.0 Å². The van der Waals surface area contributed by atoms with Gasteiger partial charge in [0.25, 0.3) is 0 Å². The number of hydrogen-bond acceptors (Lipinski definition) is 4. The van der Waals surface area contributed by atoms with Gasteiger partial charge in [0.1, 0.15) is 0 Å². The molecule has 1 aromatic rings. The van der Waals surface area contributed by atoms with E-state index in [1.54, 1.807) is 0 Å². The molecule has 90 valence electrons. The summed E-state index contributed by atoms with van der Waals surface area (Å²) >= 11 is 4.14. The van der Waals surface area contributed by atoms with Gasteiger partial charge in [-0.05, 0) is 6.42 Å². The molecule has 16 heavy (non-hydrogen) atoms. The number of aromatic nitrogens is 2. The third kappa shape index (κ3) is 2.96. The van der Waals surface area contributed by atoms with E-state index in [0.29, 0.717) is 0 Å². The summed E-state index contributed by atoms with van der Waals surface area (Å²) in [5.74, 6) is 3.83. The molecule has 5 heteroatoms. The molecule has 0 aromatic carbocycles. The van der Waals surface area contributed by atoms with Gasteiger partial charge in [0.15, 0.2) is 0 Å². The fourth-order valence-corrected chi connectivity index (χ4v) is 4.53. The average molecular weight is 257 g/mol. The fraction of sp³-hybridized carbons (Fsp3) is 0.727. The zero-order valence-corrected chi connectivity index (χ0v) is 11.3. The second-order valence-electron chi connectivity index (χ2n) is 4.05. The lowest BCUT2D eigenvalue weighted by atomic mass is 10.2. The van der Waals surface area contributed by atoms with Crippen LogP contribution in [-0.2, 0) is 6.54 Å². The highest BCUT2D eigenvalue weighted by molar-refractivity contribution is 8.06. The third-order valence-electron chi connectivity index (χ3n) is 2.85. The predicted octanol–water partition coefficient (Wildman–Crippen LogP) is 2.14. The summed E-state index contributed by atoms with van der Waals surface area (Å²) in [6.07, 6.45) is 4.80. The molecule has 2 N–H and O–H groups in total. The van der Waals surface area contributed by atoms with E-state index in [2.05, 4.69) is 40.0 Å². The third-order valence-corrected chi connectivity index (χ3v) is 5.68. The maximum atomic E-state index is 6.07. The second-order valence-corrected chi connectivity index (χ2v) is 6.61. The summed E-state index contributed by atoms with van der Waals surface area (Å²) < 4.78 is 2.23. The number of nitrogens with zero attached hydrogens (tertiary/aromatic N) is 2. The van der Waals surface area contributed by atoms with E-state index in [-0.39, 0.29) is 6.04 Å². The van der Waals surface area contributed by atoms with Crippen LogP contribution in [0.3, 0.4) is 0 Å². The largest absolute Gasteiger partial charge is 0.332 e. The summed E-state index contributed by atoms with van der Waals surface area (Å²) in [5.41, 5.74) is 7.25. The van der Waals surface area contributed by atoms with Crippen LogP contribution < -0.4 is 5.73 Å². The van der Waals surface area contributed by atoms with Crippen LogP contribution in [0.5, 0.6) is 0 Å². The lowest BCUT2D eigenvalue weighted by molar-refractivity contribution is 0.589. The van der Waals surface area contributed by atoms with Crippen LogP contribution in [0.1, 0.15) is 25.1 Å². The number of thioether (sulfide) groups is 2. The van der Waals surface area contributed by atoms with Gasteiger partial charge in [-0.25, -0.2) is 4.98 Å². The zero-order chi connectivity index (χ0) is 11.4. The Balaban J connectivity index is 2.00. The van der Waals surface area contributed by atoms with Crippen molar-refractivity contribution in [3.8, 4) is 0 Å². The van der Waals surface area contributed by atoms with Crippen LogP contribution in [0.4, 0.5) is 0 Å². The molecule has 1 saturated heterocycles. The molecule has 1 aliphatic rings. The fourth-order valence-electron chi connectivity index (χ4n) is 1.86. The molecule has 1 fully saturated rings. The number of rotatable bonds is 4. The van der Waals surface area contributed by atoms with E-state index in [0.717, 1.165) is 18.2 Å². The standard InChI is InChI=1S/C11H19N3S2/c1-2-10(12)11-5-13-8-14(11)6-9-7-15-3-4-16-9/h5,8-10H,2-4,6-7,12H2,1H3/t9?,10-/m1/s1. The van der Waals surface area contributed by atoms with Crippen LogP contribution in [0.15, 0.2) is 12.5 Å². The number of imidazole rings is 1. The Hall–Kier alpha value is -0.130. The molecule has 2 heterocycles. The quantitative estimate of drug-likeness (QED) is 0.897. The van der Waals surface area contributed by atoms with Crippen LogP contribution in [-0.4, -0.2) is 32.1 Å². The smallest absolute Gasteiger partial charge is 0.0949 e. The Morgan fingerprint density at radius 1 is 1.62 bits per heavy atom. The molecule has 0 radical (unpaired) electrons. The molecular weight excluding hydrogens is 238 g/mol. The van der Waals surface area contributed by atoms with Crippen LogP contribution in [0.25, 0.3) is 0 Å². The minimum atomic E-state index is 0.128. The van der Waals surface area contributed by atoms with Gasteiger partial charge in [-0.1, -0.05) is 6.92 Å². The molecular formula is C11H19N3S2. The molecule has 1 aliphatic heterocycles. The Morgan fingerprint density at radius 3 is 3.19 bits per heavy atom. The SMILES string of the molecule is CC[C@@H](N)c1cncn1CC1CSCCS1. The molecule has 0 spiro atoms. The van der Waals surface area contributed by atoms with E-state index in [1.165, 1.54) is 23.0 Å². The minimum absolute atomic E-state index is 0.128. The van der Waals surface area contributed by atoms with Gasteiger partial charge in [-0.2, -0.15) is 23.5 Å². The van der Waals surface area contributed by atoms with Gasteiger partial charge in [-0.15, -0.1) is 0 Å². The first-order valence-electron chi connectivity index (χ1n) is 5.76. The Bertz CT molecular complexity index is 321. The van der Waals surface area contributed by atoms with Gasteiger partial charge in [0.2, 0.25) is 0 Å². The Kier molecular flexibility index (Phi) is 4.61. The first kappa shape index (κ1) is 12.3. The molecule has 0 bridgehead atoms. The Labute approximate surface area is 106 Å². The van der Waals surface area contributed by atoms with Crippen LogP contribution in [0.2, 0.25) is 0 Å². The number of nitrogens with two attached hydrogens (primary N) is 1. The van der Waals surface area contributed by atoms with Gasteiger partial charge < -0.3 is 10.3 Å². The van der Waals surface area contributed by atoms with Crippen molar-refractivity contribution >= 4 is 23.5 Å². The normalized spacial score (nSPS) is 23.2. The van der Waals surface area contributed by atoms with Gasteiger partial charge in [-0.3, -0.25) is 0 Å². The minimum Gasteiger partial charge on any atom is -0.332 e. The molecule has 1 unspecified atom stereocenters.